The summed E-state index contributed by atoms with van der Waals surface area (Å²) >= 11 is 0. The molecule has 8 nitrogen and oxygen atoms in total. The molecule has 0 saturated carbocycles. The minimum Gasteiger partial charge on any atom is -0.496 e. The van der Waals surface area contributed by atoms with E-state index < -0.39 is 0 Å². The second kappa shape index (κ2) is 9.72. The summed E-state index contributed by atoms with van der Waals surface area (Å²) in [7, 11) is 4.71. The Balaban J connectivity index is 1.61. The smallest absolute Gasteiger partial charge is 0.346 e. The molecule has 168 valence electrons. The largest absolute Gasteiger partial charge is 0.496 e. The molecule has 0 bridgehead atoms. The fraction of sp³-hybridized carbons (Fsp3) is 0.375. The normalized spacial score (nSPS) is 16.0. The third-order valence-corrected chi connectivity index (χ3v) is 5.85. The van der Waals surface area contributed by atoms with Gasteiger partial charge in [-0.1, -0.05) is 35.5 Å². The first-order valence-corrected chi connectivity index (χ1v) is 10.7. The molecule has 1 atom stereocenters. The van der Waals surface area contributed by atoms with Crippen LogP contribution in [0.4, 0.5) is 4.79 Å². The number of methoxy groups -OCH3 is 3. The van der Waals surface area contributed by atoms with E-state index in [0.717, 1.165) is 25.7 Å². The molecule has 1 aromatic heterocycles. The van der Waals surface area contributed by atoms with Crippen molar-refractivity contribution < 1.29 is 19.0 Å². The Labute approximate surface area is 187 Å². The molecule has 2 heterocycles. The number of likely N-dealkylation sites (tertiary alicyclic amines) is 1. The van der Waals surface area contributed by atoms with E-state index in [-0.39, 0.29) is 12.1 Å². The summed E-state index contributed by atoms with van der Waals surface area (Å²) in [6.45, 7) is 0.709. The van der Waals surface area contributed by atoms with Gasteiger partial charge in [-0.05, 0) is 31.2 Å². The van der Waals surface area contributed by atoms with Gasteiger partial charge < -0.3 is 19.1 Å². The van der Waals surface area contributed by atoms with E-state index in [2.05, 4.69) is 22.4 Å². The number of piperidine rings is 1. The SMILES string of the molecule is COc1cc(OC)c(-c2cn(C(=O)N3CCCCC3Cc3ccccc3)nn2)c(OC)c1. The van der Waals surface area contributed by atoms with Crippen LogP contribution >= 0.6 is 0 Å². The fourth-order valence-corrected chi connectivity index (χ4v) is 4.21. The van der Waals surface area contributed by atoms with Crippen molar-refractivity contribution in [2.24, 2.45) is 0 Å². The lowest BCUT2D eigenvalue weighted by Gasteiger charge is -2.35. The van der Waals surface area contributed by atoms with Crippen LogP contribution in [0.3, 0.4) is 0 Å². The van der Waals surface area contributed by atoms with Gasteiger partial charge >= 0.3 is 6.03 Å². The second-order valence-corrected chi connectivity index (χ2v) is 7.77. The minimum atomic E-state index is -0.171. The van der Waals surface area contributed by atoms with E-state index in [1.165, 1.54) is 10.2 Å². The molecule has 4 rings (SSSR count). The highest BCUT2D eigenvalue weighted by molar-refractivity contribution is 5.80. The molecule has 0 radical (unpaired) electrons. The molecule has 1 fully saturated rings. The number of hydrogen-bond donors (Lipinski definition) is 0. The van der Waals surface area contributed by atoms with E-state index in [9.17, 15) is 4.79 Å². The number of amides is 1. The van der Waals surface area contributed by atoms with E-state index in [1.807, 2.05) is 23.1 Å². The summed E-state index contributed by atoms with van der Waals surface area (Å²) in [4.78, 5) is 15.3. The van der Waals surface area contributed by atoms with Gasteiger partial charge in [0.25, 0.3) is 0 Å². The summed E-state index contributed by atoms with van der Waals surface area (Å²) in [5.41, 5.74) is 2.34. The van der Waals surface area contributed by atoms with Crippen LogP contribution in [0.25, 0.3) is 11.3 Å². The van der Waals surface area contributed by atoms with Gasteiger partial charge in [-0.3, -0.25) is 0 Å². The van der Waals surface area contributed by atoms with E-state index in [4.69, 9.17) is 14.2 Å². The number of rotatable bonds is 6. The van der Waals surface area contributed by atoms with Gasteiger partial charge in [0.05, 0.1) is 33.1 Å². The van der Waals surface area contributed by atoms with Gasteiger partial charge in [0.15, 0.2) is 0 Å². The summed E-state index contributed by atoms with van der Waals surface area (Å²) in [6, 6.07) is 13.7. The van der Waals surface area contributed by atoms with Crippen LogP contribution in [0.5, 0.6) is 17.2 Å². The third-order valence-electron chi connectivity index (χ3n) is 5.85. The molecule has 1 aliphatic rings. The van der Waals surface area contributed by atoms with Crippen LogP contribution < -0.4 is 14.2 Å². The molecule has 32 heavy (non-hydrogen) atoms. The maximum absolute atomic E-state index is 13.4. The number of hydrogen-bond acceptors (Lipinski definition) is 6. The van der Waals surface area contributed by atoms with Crippen molar-refractivity contribution in [1.82, 2.24) is 19.9 Å². The highest BCUT2D eigenvalue weighted by Gasteiger charge is 2.29. The van der Waals surface area contributed by atoms with E-state index in [0.29, 0.717) is 35.1 Å². The van der Waals surface area contributed by atoms with Crippen molar-refractivity contribution in [1.29, 1.82) is 0 Å². The minimum absolute atomic E-state index is 0.136. The van der Waals surface area contributed by atoms with Crippen LogP contribution in [-0.4, -0.2) is 59.8 Å². The summed E-state index contributed by atoms with van der Waals surface area (Å²) in [5.74, 6) is 1.66. The lowest BCUT2D eigenvalue weighted by molar-refractivity contribution is 0.149. The molecular weight excluding hydrogens is 408 g/mol. The van der Waals surface area contributed by atoms with Gasteiger partial charge in [-0.15, -0.1) is 5.10 Å². The lowest BCUT2D eigenvalue weighted by atomic mass is 9.96. The topological polar surface area (TPSA) is 78.7 Å². The van der Waals surface area contributed by atoms with E-state index >= 15 is 0 Å². The Bertz CT molecular complexity index is 1040. The Hall–Kier alpha value is -3.55. The summed E-state index contributed by atoms with van der Waals surface area (Å²) < 4.78 is 17.7. The number of nitrogens with zero attached hydrogens (tertiary/aromatic N) is 4. The van der Waals surface area contributed by atoms with Crippen LogP contribution in [0.2, 0.25) is 0 Å². The van der Waals surface area contributed by atoms with Crippen LogP contribution in [0.1, 0.15) is 24.8 Å². The molecule has 0 spiro atoms. The van der Waals surface area contributed by atoms with Crippen molar-refractivity contribution in [3.05, 3.63) is 54.2 Å². The van der Waals surface area contributed by atoms with Gasteiger partial charge in [0, 0.05) is 24.7 Å². The molecular formula is C24H28N4O4. The zero-order chi connectivity index (χ0) is 22.5. The predicted octanol–water partition coefficient (Wildman–Crippen LogP) is 4.04. The van der Waals surface area contributed by atoms with Crippen molar-refractivity contribution in [3.8, 4) is 28.5 Å². The molecule has 0 aliphatic carbocycles. The standard InChI is InChI=1S/C24H28N4O4/c1-30-19-14-21(31-2)23(22(15-19)32-3)20-16-28(26-25-20)24(29)27-12-8-7-11-18(27)13-17-9-5-4-6-10-17/h4-6,9-10,14-16,18H,7-8,11-13H2,1-3H3. The Morgan fingerprint density at radius 1 is 1.03 bits per heavy atom. The van der Waals surface area contributed by atoms with Gasteiger partial charge in [0.1, 0.15) is 22.9 Å². The van der Waals surface area contributed by atoms with Gasteiger partial charge in [-0.2, -0.15) is 4.68 Å². The first kappa shape index (κ1) is 21.7. The number of benzene rings is 2. The highest BCUT2D eigenvalue weighted by atomic mass is 16.5. The summed E-state index contributed by atoms with van der Waals surface area (Å²) in [6.07, 6.45) is 5.53. The summed E-state index contributed by atoms with van der Waals surface area (Å²) in [5, 5.41) is 8.38. The molecule has 1 saturated heterocycles. The third kappa shape index (κ3) is 4.39. The van der Waals surface area contributed by atoms with Crippen molar-refractivity contribution in [2.45, 2.75) is 31.7 Å². The van der Waals surface area contributed by atoms with Crippen LogP contribution in [-0.2, 0) is 6.42 Å². The van der Waals surface area contributed by atoms with Crippen molar-refractivity contribution in [3.63, 3.8) is 0 Å². The van der Waals surface area contributed by atoms with Gasteiger partial charge in [0.2, 0.25) is 0 Å². The number of carbonyl (C=O) groups excluding carboxylic acids is 1. The number of ether oxygens (including phenoxy) is 3. The lowest BCUT2D eigenvalue weighted by Crippen LogP contribution is -2.46. The van der Waals surface area contributed by atoms with Crippen molar-refractivity contribution in [2.75, 3.05) is 27.9 Å². The monoisotopic (exact) mass is 436 g/mol. The molecule has 8 heteroatoms. The zero-order valence-corrected chi connectivity index (χ0v) is 18.7. The first-order chi connectivity index (χ1) is 15.6. The maximum Gasteiger partial charge on any atom is 0.346 e. The molecule has 1 amide bonds. The number of aromatic nitrogens is 3. The molecule has 1 unspecified atom stereocenters. The molecule has 2 aromatic carbocycles. The average Bonchev–Trinajstić information content (AvgIpc) is 3.33. The average molecular weight is 437 g/mol. The highest BCUT2D eigenvalue weighted by Crippen LogP contribution is 2.40. The van der Waals surface area contributed by atoms with Crippen LogP contribution in [0, 0.1) is 0 Å². The molecule has 0 N–H and O–H groups in total. The molecule has 3 aromatic rings. The Morgan fingerprint density at radius 2 is 1.75 bits per heavy atom. The first-order valence-electron chi connectivity index (χ1n) is 10.7. The number of carbonyl (C=O) groups is 1. The maximum atomic E-state index is 13.4. The van der Waals surface area contributed by atoms with Crippen molar-refractivity contribution >= 4 is 6.03 Å². The Kier molecular flexibility index (Phi) is 6.58. The Morgan fingerprint density at radius 3 is 2.41 bits per heavy atom. The van der Waals surface area contributed by atoms with Crippen LogP contribution in [0.15, 0.2) is 48.7 Å². The zero-order valence-electron chi connectivity index (χ0n) is 18.7. The fourth-order valence-electron chi connectivity index (χ4n) is 4.21. The molecule has 1 aliphatic heterocycles. The second-order valence-electron chi connectivity index (χ2n) is 7.77. The quantitative estimate of drug-likeness (QED) is 0.580. The predicted molar refractivity (Wildman–Crippen MR) is 120 cm³/mol. The van der Waals surface area contributed by atoms with Gasteiger partial charge in [-0.25, -0.2) is 4.79 Å². The van der Waals surface area contributed by atoms with E-state index in [1.54, 1.807) is 39.7 Å².